The maximum atomic E-state index is 15.1. The standard InChI is InChI=1S/C28H24F4/c1-2-3-4-19-15-25(30)27(26(31)16-19)22-11-14-24-21(17-22)10-9-20(28(24)32)8-5-18-6-12-23(29)13-7-18/h6-7,9-17H,2-5,8H2,1H3. The quantitative estimate of drug-likeness (QED) is 0.256. The zero-order valence-electron chi connectivity index (χ0n) is 17.9. The van der Waals surface area contributed by atoms with Crippen molar-refractivity contribution in [3.63, 3.8) is 0 Å². The first-order valence-corrected chi connectivity index (χ1v) is 10.9. The van der Waals surface area contributed by atoms with Gasteiger partial charge in [-0.2, -0.15) is 0 Å². The van der Waals surface area contributed by atoms with Gasteiger partial charge in [-0.3, -0.25) is 0 Å². The van der Waals surface area contributed by atoms with Gasteiger partial charge in [-0.15, -0.1) is 0 Å². The van der Waals surface area contributed by atoms with Crippen molar-refractivity contribution in [2.45, 2.75) is 39.0 Å². The summed E-state index contributed by atoms with van der Waals surface area (Å²) in [6, 6.07) is 17.2. The Balaban J connectivity index is 1.61. The molecule has 0 aliphatic rings. The van der Waals surface area contributed by atoms with Gasteiger partial charge in [0.2, 0.25) is 0 Å². The average molecular weight is 436 g/mol. The van der Waals surface area contributed by atoms with E-state index < -0.39 is 11.6 Å². The van der Waals surface area contributed by atoms with E-state index in [1.807, 2.05) is 6.92 Å². The molecule has 0 atom stereocenters. The molecule has 4 aromatic rings. The van der Waals surface area contributed by atoms with E-state index in [0.717, 1.165) is 18.4 Å². The molecule has 0 heterocycles. The number of fused-ring (bicyclic) bond motifs is 1. The minimum Gasteiger partial charge on any atom is -0.207 e. The molecular formula is C28H24F4. The van der Waals surface area contributed by atoms with Crippen LogP contribution in [0, 0.1) is 23.3 Å². The van der Waals surface area contributed by atoms with Crippen molar-refractivity contribution in [3.8, 4) is 11.1 Å². The van der Waals surface area contributed by atoms with Crippen molar-refractivity contribution in [1.82, 2.24) is 0 Å². The number of rotatable bonds is 7. The first-order chi connectivity index (χ1) is 15.5. The van der Waals surface area contributed by atoms with Crippen LogP contribution in [0.1, 0.15) is 36.5 Å². The Kier molecular flexibility index (Phi) is 6.59. The highest BCUT2D eigenvalue weighted by atomic mass is 19.1. The van der Waals surface area contributed by atoms with Crippen LogP contribution in [0.5, 0.6) is 0 Å². The van der Waals surface area contributed by atoms with Gasteiger partial charge in [-0.25, -0.2) is 17.6 Å². The summed E-state index contributed by atoms with van der Waals surface area (Å²) in [5.74, 6) is -1.85. The highest BCUT2D eigenvalue weighted by Crippen LogP contribution is 2.32. The number of benzene rings is 4. The first kappa shape index (κ1) is 22.1. The Bertz CT molecular complexity index is 1220. The van der Waals surface area contributed by atoms with Crippen LogP contribution in [0.4, 0.5) is 17.6 Å². The number of hydrogen-bond acceptors (Lipinski definition) is 0. The molecule has 0 amide bonds. The van der Waals surface area contributed by atoms with E-state index in [2.05, 4.69) is 0 Å². The van der Waals surface area contributed by atoms with Crippen LogP contribution in [0.2, 0.25) is 0 Å². The van der Waals surface area contributed by atoms with Crippen LogP contribution in [-0.4, -0.2) is 0 Å². The monoisotopic (exact) mass is 436 g/mol. The summed E-state index contributed by atoms with van der Waals surface area (Å²) in [4.78, 5) is 0. The summed E-state index contributed by atoms with van der Waals surface area (Å²) in [5.41, 5.74) is 2.41. The molecule has 0 N–H and O–H groups in total. The van der Waals surface area contributed by atoms with Crippen LogP contribution < -0.4 is 0 Å². The van der Waals surface area contributed by atoms with Crippen molar-refractivity contribution < 1.29 is 17.6 Å². The predicted molar refractivity (Wildman–Crippen MR) is 122 cm³/mol. The molecule has 0 bridgehead atoms. The third kappa shape index (κ3) is 4.69. The van der Waals surface area contributed by atoms with Crippen LogP contribution in [0.25, 0.3) is 21.9 Å². The third-order valence-electron chi connectivity index (χ3n) is 5.84. The summed E-state index contributed by atoms with van der Waals surface area (Å²) in [6.45, 7) is 2.03. The summed E-state index contributed by atoms with van der Waals surface area (Å²) in [6.07, 6.45) is 3.51. The lowest BCUT2D eigenvalue weighted by atomic mass is 9.95. The topological polar surface area (TPSA) is 0 Å². The van der Waals surface area contributed by atoms with Gasteiger partial charge in [0.25, 0.3) is 0 Å². The summed E-state index contributed by atoms with van der Waals surface area (Å²) >= 11 is 0. The molecule has 0 radical (unpaired) electrons. The van der Waals surface area contributed by atoms with Crippen LogP contribution in [0.15, 0.2) is 66.7 Å². The Morgan fingerprint density at radius 2 is 1.38 bits per heavy atom. The normalized spacial score (nSPS) is 11.3. The van der Waals surface area contributed by atoms with E-state index in [0.29, 0.717) is 46.7 Å². The Morgan fingerprint density at radius 3 is 2.06 bits per heavy atom. The molecule has 0 aliphatic heterocycles. The first-order valence-electron chi connectivity index (χ1n) is 10.9. The molecule has 0 nitrogen and oxygen atoms in total. The number of unbranched alkanes of at least 4 members (excludes halogenated alkanes) is 1. The zero-order valence-corrected chi connectivity index (χ0v) is 17.9. The second-order valence-corrected chi connectivity index (χ2v) is 8.14. The van der Waals surface area contributed by atoms with Gasteiger partial charge in [-0.1, -0.05) is 49.7 Å². The van der Waals surface area contributed by atoms with Gasteiger partial charge >= 0.3 is 0 Å². The fourth-order valence-electron chi connectivity index (χ4n) is 4.04. The van der Waals surface area contributed by atoms with Gasteiger partial charge < -0.3 is 0 Å². The van der Waals surface area contributed by atoms with E-state index >= 15 is 4.39 Å². The number of hydrogen-bond donors (Lipinski definition) is 0. The van der Waals surface area contributed by atoms with Crippen molar-refractivity contribution in [2.24, 2.45) is 0 Å². The van der Waals surface area contributed by atoms with E-state index in [-0.39, 0.29) is 17.2 Å². The van der Waals surface area contributed by atoms with Crippen molar-refractivity contribution in [1.29, 1.82) is 0 Å². The molecule has 0 fully saturated rings. The maximum absolute atomic E-state index is 15.1. The second-order valence-electron chi connectivity index (χ2n) is 8.14. The lowest BCUT2D eigenvalue weighted by Gasteiger charge is -2.11. The molecular weight excluding hydrogens is 412 g/mol. The van der Waals surface area contributed by atoms with Crippen molar-refractivity contribution >= 4 is 10.8 Å². The Morgan fingerprint density at radius 1 is 0.656 bits per heavy atom. The molecule has 164 valence electrons. The number of halogens is 4. The molecule has 0 aromatic heterocycles. The van der Waals surface area contributed by atoms with Gasteiger partial charge in [0.1, 0.15) is 23.3 Å². The van der Waals surface area contributed by atoms with E-state index in [9.17, 15) is 13.2 Å². The fourth-order valence-corrected chi connectivity index (χ4v) is 4.04. The van der Waals surface area contributed by atoms with E-state index in [1.54, 1.807) is 42.5 Å². The summed E-state index contributed by atoms with van der Waals surface area (Å²) in [7, 11) is 0. The van der Waals surface area contributed by atoms with Crippen molar-refractivity contribution in [3.05, 3.63) is 107 Å². The SMILES string of the molecule is CCCCc1cc(F)c(-c2ccc3c(F)c(CCc4ccc(F)cc4)ccc3c2)c(F)c1. The molecule has 0 spiro atoms. The molecule has 0 unspecified atom stereocenters. The molecule has 0 saturated carbocycles. The molecule has 0 saturated heterocycles. The van der Waals surface area contributed by atoms with E-state index in [4.69, 9.17) is 0 Å². The lowest BCUT2D eigenvalue weighted by Crippen LogP contribution is -1.97. The molecule has 4 rings (SSSR count). The third-order valence-corrected chi connectivity index (χ3v) is 5.84. The molecule has 32 heavy (non-hydrogen) atoms. The highest BCUT2D eigenvalue weighted by molar-refractivity contribution is 5.88. The lowest BCUT2D eigenvalue weighted by molar-refractivity contribution is 0.584. The van der Waals surface area contributed by atoms with Crippen LogP contribution >= 0.6 is 0 Å². The summed E-state index contributed by atoms with van der Waals surface area (Å²) in [5, 5.41) is 0.991. The molecule has 0 aliphatic carbocycles. The average Bonchev–Trinajstić information content (AvgIpc) is 2.78. The second kappa shape index (κ2) is 9.56. The molecule has 4 heteroatoms. The Labute approximate surface area is 185 Å². The Hall–Kier alpha value is -3.14. The van der Waals surface area contributed by atoms with Crippen LogP contribution in [-0.2, 0) is 19.3 Å². The van der Waals surface area contributed by atoms with E-state index in [1.165, 1.54) is 24.3 Å². The van der Waals surface area contributed by atoms with Crippen molar-refractivity contribution in [2.75, 3.05) is 0 Å². The van der Waals surface area contributed by atoms with Gasteiger partial charge in [0, 0.05) is 5.39 Å². The molecule has 4 aromatic carbocycles. The predicted octanol–water partition coefficient (Wildman–Crippen LogP) is 8.19. The largest absolute Gasteiger partial charge is 0.207 e. The summed E-state index contributed by atoms with van der Waals surface area (Å²) < 4.78 is 57.6. The number of aryl methyl sites for hydroxylation is 3. The van der Waals surface area contributed by atoms with Crippen LogP contribution in [0.3, 0.4) is 0 Å². The fraction of sp³-hybridized carbons (Fsp3) is 0.214. The smallest absolute Gasteiger partial charge is 0.134 e. The minimum atomic E-state index is -0.605. The zero-order chi connectivity index (χ0) is 22.7. The highest BCUT2D eigenvalue weighted by Gasteiger charge is 2.15. The maximum Gasteiger partial charge on any atom is 0.134 e. The minimum absolute atomic E-state index is 0.0899. The van der Waals surface area contributed by atoms with Gasteiger partial charge in [0.15, 0.2) is 0 Å². The van der Waals surface area contributed by atoms with Gasteiger partial charge in [0.05, 0.1) is 5.56 Å². The van der Waals surface area contributed by atoms with Gasteiger partial charge in [-0.05, 0) is 83.7 Å².